The van der Waals surface area contributed by atoms with Gasteiger partial charge in [-0.3, -0.25) is 14.5 Å². The molecule has 0 unspecified atom stereocenters. The first-order valence-electron chi connectivity index (χ1n) is 10.1. The molecule has 0 saturated carbocycles. The summed E-state index contributed by atoms with van der Waals surface area (Å²) in [7, 11) is -1.93. The van der Waals surface area contributed by atoms with E-state index >= 15 is 0 Å². The molecule has 172 valence electrons. The molecule has 2 heterocycles. The number of amides is 2. The molecule has 1 saturated heterocycles. The third kappa shape index (κ3) is 6.57. The molecule has 1 aromatic heterocycles. The first kappa shape index (κ1) is 23.8. The first-order valence-corrected chi connectivity index (χ1v) is 11.6. The highest BCUT2D eigenvalue weighted by molar-refractivity contribution is 7.89. The van der Waals surface area contributed by atoms with E-state index in [4.69, 9.17) is 4.74 Å². The molecule has 2 N–H and O–H groups in total. The van der Waals surface area contributed by atoms with Crippen LogP contribution in [0.4, 0.5) is 11.5 Å². The topological polar surface area (TPSA) is 121 Å². The van der Waals surface area contributed by atoms with Crippen LogP contribution in [-0.2, 0) is 24.3 Å². The second-order valence-electron chi connectivity index (χ2n) is 7.47. The van der Waals surface area contributed by atoms with Gasteiger partial charge in [0.25, 0.3) is 0 Å². The van der Waals surface area contributed by atoms with Crippen molar-refractivity contribution in [3.05, 3.63) is 48.2 Å². The zero-order valence-electron chi connectivity index (χ0n) is 18.1. The van der Waals surface area contributed by atoms with E-state index in [1.165, 1.54) is 16.4 Å². The van der Waals surface area contributed by atoms with E-state index in [2.05, 4.69) is 15.6 Å². The molecule has 10 nitrogen and oxygen atoms in total. The molecule has 1 aliphatic heterocycles. The number of carbonyl (C=O) groups excluding carboxylic acids is 2. The number of pyridine rings is 1. The fraction of sp³-hybridized carbons (Fsp3) is 0.381. The van der Waals surface area contributed by atoms with E-state index in [1.54, 1.807) is 36.2 Å². The van der Waals surface area contributed by atoms with Gasteiger partial charge in [-0.15, -0.1) is 0 Å². The molecule has 2 aromatic rings. The van der Waals surface area contributed by atoms with Crippen molar-refractivity contribution in [2.45, 2.75) is 11.8 Å². The predicted octanol–water partition coefficient (Wildman–Crippen LogP) is 0.920. The molecule has 3 rings (SSSR count). The average molecular weight is 462 g/mol. The van der Waals surface area contributed by atoms with E-state index < -0.39 is 10.0 Å². The minimum atomic E-state index is -3.59. The Labute approximate surface area is 187 Å². The molecular weight excluding hydrogens is 434 g/mol. The molecular formula is C21H27N5O5S. The highest BCUT2D eigenvalue weighted by Gasteiger charge is 2.26. The van der Waals surface area contributed by atoms with E-state index in [9.17, 15) is 18.0 Å². The molecule has 2 amide bonds. The van der Waals surface area contributed by atoms with Gasteiger partial charge < -0.3 is 15.4 Å². The molecule has 11 heteroatoms. The number of sulfonamides is 1. The summed E-state index contributed by atoms with van der Waals surface area (Å²) in [5.41, 5.74) is 1.26. The SMILES string of the molecule is Cc1cccc(NC(=O)CN(C)CC(=O)Nc2ccc(S(=O)(=O)N3CCOCC3)cc2)n1. The van der Waals surface area contributed by atoms with E-state index in [0.29, 0.717) is 37.8 Å². The Morgan fingerprint density at radius 1 is 1.03 bits per heavy atom. The number of nitrogens with one attached hydrogen (secondary N) is 2. The number of ether oxygens (including phenoxy) is 1. The predicted molar refractivity (Wildman–Crippen MR) is 120 cm³/mol. The summed E-state index contributed by atoms with van der Waals surface area (Å²) >= 11 is 0. The molecule has 1 aliphatic rings. The minimum Gasteiger partial charge on any atom is -0.379 e. The first-order chi connectivity index (χ1) is 15.2. The summed E-state index contributed by atoms with van der Waals surface area (Å²) in [6.07, 6.45) is 0. The summed E-state index contributed by atoms with van der Waals surface area (Å²) in [5.74, 6) is -0.145. The molecule has 0 spiro atoms. The van der Waals surface area contributed by atoms with Crippen LogP contribution in [0.3, 0.4) is 0 Å². The number of aryl methyl sites for hydroxylation is 1. The van der Waals surface area contributed by atoms with Gasteiger partial charge in [-0.1, -0.05) is 6.07 Å². The number of likely N-dealkylation sites (N-methyl/N-ethyl adjacent to an activating group) is 1. The zero-order chi connectivity index (χ0) is 23.1. The third-order valence-electron chi connectivity index (χ3n) is 4.73. The molecule has 0 radical (unpaired) electrons. The Hall–Kier alpha value is -2.86. The van der Waals surface area contributed by atoms with E-state index in [-0.39, 0.29) is 29.8 Å². The van der Waals surface area contributed by atoms with Crippen LogP contribution in [0.15, 0.2) is 47.4 Å². The van der Waals surface area contributed by atoms with Gasteiger partial charge in [0.05, 0.1) is 31.2 Å². The van der Waals surface area contributed by atoms with Crippen molar-refractivity contribution in [3.63, 3.8) is 0 Å². The van der Waals surface area contributed by atoms with Gasteiger partial charge in [0.15, 0.2) is 0 Å². The van der Waals surface area contributed by atoms with Crippen molar-refractivity contribution in [1.82, 2.24) is 14.2 Å². The lowest BCUT2D eigenvalue weighted by Gasteiger charge is -2.26. The Kier molecular flexibility index (Phi) is 7.91. The average Bonchev–Trinajstić information content (AvgIpc) is 2.74. The van der Waals surface area contributed by atoms with Gasteiger partial charge in [-0.25, -0.2) is 13.4 Å². The number of nitrogens with zero attached hydrogens (tertiary/aromatic N) is 3. The van der Waals surface area contributed by atoms with E-state index in [1.807, 2.05) is 13.0 Å². The molecule has 32 heavy (non-hydrogen) atoms. The second-order valence-corrected chi connectivity index (χ2v) is 9.41. The van der Waals surface area contributed by atoms with Crippen molar-refractivity contribution in [3.8, 4) is 0 Å². The standard InChI is InChI=1S/C21H27N5O5S/c1-16-4-3-5-19(22-16)24-21(28)15-25(2)14-20(27)23-17-6-8-18(9-7-17)32(29,30)26-10-12-31-13-11-26/h3-9H,10-15H2,1-2H3,(H,23,27)(H,22,24,28). The van der Waals surface area contributed by atoms with Crippen LogP contribution in [0, 0.1) is 6.92 Å². The number of hydrogen-bond donors (Lipinski definition) is 2. The van der Waals surface area contributed by atoms with Crippen LogP contribution in [0.25, 0.3) is 0 Å². The van der Waals surface area contributed by atoms with Crippen LogP contribution >= 0.6 is 0 Å². The fourth-order valence-electron chi connectivity index (χ4n) is 3.19. The van der Waals surface area contributed by atoms with Crippen molar-refractivity contribution in [2.75, 3.05) is 57.1 Å². The van der Waals surface area contributed by atoms with Crippen LogP contribution < -0.4 is 10.6 Å². The zero-order valence-corrected chi connectivity index (χ0v) is 18.9. The third-order valence-corrected chi connectivity index (χ3v) is 6.64. The Morgan fingerprint density at radius 3 is 2.28 bits per heavy atom. The molecule has 0 aliphatic carbocycles. The molecule has 1 aromatic carbocycles. The molecule has 0 atom stereocenters. The maximum absolute atomic E-state index is 12.7. The lowest BCUT2D eigenvalue weighted by molar-refractivity contribution is -0.119. The summed E-state index contributed by atoms with van der Waals surface area (Å²) in [5, 5.41) is 5.40. The lowest BCUT2D eigenvalue weighted by atomic mass is 10.3. The Balaban J connectivity index is 1.49. The quantitative estimate of drug-likeness (QED) is 0.600. The summed E-state index contributed by atoms with van der Waals surface area (Å²) in [4.78, 5) is 30.4. The summed E-state index contributed by atoms with van der Waals surface area (Å²) < 4.78 is 31.9. The van der Waals surface area contributed by atoms with Gasteiger partial charge in [0.1, 0.15) is 5.82 Å². The molecule has 1 fully saturated rings. The fourth-order valence-corrected chi connectivity index (χ4v) is 4.60. The minimum absolute atomic E-state index is 0.0114. The number of aromatic nitrogens is 1. The maximum atomic E-state index is 12.7. The van der Waals surface area contributed by atoms with Gasteiger partial charge >= 0.3 is 0 Å². The van der Waals surface area contributed by atoms with Crippen LogP contribution in [0.2, 0.25) is 0 Å². The monoisotopic (exact) mass is 461 g/mol. The highest BCUT2D eigenvalue weighted by Crippen LogP contribution is 2.19. The lowest BCUT2D eigenvalue weighted by Crippen LogP contribution is -2.40. The summed E-state index contributed by atoms with van der Waals surface area (Å²) in [6.45, 7) is 3.22. The normalized spacial score (nSPS) is 14.8. The number of morpholine rings is 1. The number of rotatable bonds is 8. The largest absolute Gasteiger partial charge is 0.379 e. The maximum Gasteiger partial charge on any atom is 0.243 e. The number of carbonyl (C=O) groups is 2. The number of anilines is 2. The summed E-state index contributed by atoms with van der Waals surface area (Å²) in [6, 6.07) is 11.3. The van der Waals surface area contributed by atoms with Gasteiger partial charge in [-0.2, -0.15) is 4.31 Å². The van der Waals surface area contributed by atoms with Crippen LogP contribution in [0.1, 0.15) is 5.69 Å². The van der Waals surface area contributed by atoms with Gasteiger partial charge in [0.2, 0.25) is 21.8 Å². The second kappa shape index (κ2) is 10.6. The Morgan fingerprint density at radius 2 is 1.66 bits per heavy atom. The van der Waals surface area contributed by atoms with E-state index in [0.717, 1.165) is 5.69 Å². The van der Waals surface area contributed by atoms with Gasteiger partial charge in [0, 0.05) is 24.5 Å². The molecule has 0 bridgehead atoms. The van der Waals surface area contributed by atoms with Crippen molar-refractivity contribution in [2.24, 2.45) is 0 Å². The van der Waals surface area contributed by atoms with Crippen molar-refractivity contribution < 1.29 is 22.7 Å². The van der Waals surface area contributed by atoms with Crippen LogP contribution in [-0.4, -0.2) is 80.9 Å². The van der Waals surface area contributed by atoms with Gasteiger partial charge in [-0.05, 0) is 50.4 Å². The van der Waals surface area contributed by atoms with Crippen LogP contribution in [0.5, 0.6) is 0 Å². The smallest absolute Gasteiger partial charge is 0.243 e. The number of hydrogen-bond acceptors (Lipinski definition) is 7. The Bertz CT molecular complexity index is 1050. The van der Waals surface area contributed by atoms with Crippen molar-refractivity contribution >= 4 is 33.3 Å². The van der Waals surface area contributed by atoms with Crippen molar-refractivity contribution in [1.29, 1.82) is 0 Å². The number of benzene rings is 1. The highest BCUT2D eigenvalue weighted by atomic mass is 32.2.